The lowest BCUT2D eigenvalue weighted by Crippen LogP contribution is -2.62. The molecule has 1 N–H and O–H groups in total. The van der Waals surface area contributed by atoms with Gasteiger partial charge in [-0.1, -0.05) is 5.21 Å². The second-order valence-corrected chi connectivity index (χ2v) is 7.15. The Morgan fingerprint density at radius 3 is 2.92 bits per heavy atom. The summed E-state index contributed by atoms with van der Waals surface area (Å²) in [5.41, 5.74) is 1.75. The highest BCUT2D eigenvalue weighted by atomic mass is 16.3. The molecule has 8 heteroatoms. The predicted octanol–water partition coefficient (Wildman–Crippen LogP) is 1.62. The van der Waals surface area contributed by atoms with Crippen molar-refractivity contribution in [2.24, 2.45) is 5.92 Å². The van der Waals surface area contributed by atoms with Gasteiger partial charge in [-0.3, -0.25) is 9.69 Å². The fourth-order valence-corrected chi connectivity index (χ4v) is 4.33. The Bertz CT molecular complexity index is 940. The highest BCUT2D eigenvalue weighted by Crippen LogP contribution is 2.32. The molecule has 6 heterocycles. The van der Waals surface area contributed by atoms with E-state index in [4.69, 9.17) is 4.42 Å². The molecule has 0 aliphatic carbocycles. The number of carbonyl (C=O) groups excluding carboxylic acids is 1. The molecule has 2 atom stereocenters. The molecule has 3 aromatic heterocycles. The Labute approximate surface area is 150 Å². The van der Waals surface area contributed by atoms with Crippen LogP contribution < -0.4 is 5.32 Å². The number of aromatic nitrogens is 4. The summed E-state index contributed by atoms with van der Waals surface area (Å²) in [5.74, 6) is 0.422. The summed E-state index contributed by atoms with van der Waals surface area (Å²) in [4.78, 5) is 19.6. The summed E-state index contributed by atoms with van der Waals surface area (Å²) in [6.07, 6.45) is 8.82. The van der Waals surface area contributed by atoms with Crippen LogP contribution in [0.5, 0.6) is 0 Å². The largest absolute Gasteiger partial charge is 0.460 e. The number of fused-ring (bicyclic) bond motifs is 4. The fourth-order valence-electron chi connectivity index (χ4n) is 4.33. The average Bonchev–Trinajstić information content (AvgIpc) is 3.33. The van der Waals surface area contributed by atoms with E-state index in [0.717, 1.165) is 37.0 Å². The van der Waals surface area contributed by atoms with Gasteiger partial charge in [0.25, 0.3) is 5.91 Å². The Balaban J connectivity index is 1.43. The number of piperidine rings is 3. The van der Waals surface area contributed by atoms with E-state index < -0.39 is 0 Å². The maximum atomic E-state index is 12.8. The summed E-state index contributed by atoms with van der Waals surface area (Å²) in [6, 6.07) is 2.31. The highest BCUT2D eigenvalue weighted by molar-refractivity contribution is 5.97. The van der Waals surface area contributed by atoms with Gasteiger partial charge in [-0.2, -0.15) is 0 Å². The van der Waals surface area contributed by atoms with Crippen LogP contribution in [0.15, 0.2) is 35.3 Å². The summed E-state index contributed by atoms with van der Waals surface area (Å²) in [6.45, 7) is 4.48. The lowest BCUT2D eigenvalue weighted by Gasteiger charge is -2.49. The van der Waals surface area contributed by atoms with E-state index >= 15 is 0 Å². The normalized spacial score (nSPS) is 27.7. The number of amides is 1. The first-order chi connectivity index (χ1) is 12.7. The van der Waals surface area contributed by atoms with Gasteiger partial charge < -0.3 is 9.73 Å². The van der Waals surface area contributed by atoms with Gasteiger partial charge in [0.1, 0.15) is 17.6 Å². The van der Waals surface area contributed by atoms with E-state index in [1.54, 1.807) is 35.6 Å². The number of carbonyl (C=O) groups is 1. The minimum atomic E-state index is -0.136. The third kappa shape index (κ3) is 2.40. The Hall–Kier alpha value is -2.74. The molecule has 0 aromatic carbocycles. The summed E-state index contributed by atoms with van der Waals surface area (Å²) < 4.78 is 7.14. The Morgan fingerprint density at radius 2 is 2.19 bits per heavy atom. The average molecular weight is 352 g/mol. The first-order valence-corrected chi connectivity index (χ1v) is 8.99. The van der Waals surface area contributed by atoms with Crippen LogP contribution in [0.2, 0.25) is 0 Å². The lowest BCUT2D eigenvalue weighted by atomic mass is 9.79. The van der Waals surface area contributed by atoms with Crippen molar-refractivity contribution in [2.45, 2.75) is 31.8 Å². The zero-order valence-corrected chi connectivity index (χ0v) is 14.5. The van der Waals surface area contributed by atoms with E-state index in [9.17, 15) is 4.79 Å². The van der Waals surface area contributed by atoms with E-state index in [-0.39, 0.29) is 11.9 Å². The summed E-state index contributed by atoms with van der Waals surface area (Å²) in [7, 11) is 0. The van der Waals surface area contributed by atoms with E-state index in [1.807, 2.05) is 0 Å². The monoisotopic (exact) mass is 352 g/mol. The van der Waals surface area contributed by atoms with Gasteiger partial charge in [-0.15, -0.1) is 5.10 Å². The van der Waals surface area contributed by atoms with E-state index in [1.165, 1.54) is 0 Å². The molecule has 2 bridgehead atoms. The van der Waals surface area contributed by atoms with Crippen molar-refractivity contribution >= 4 is 16.9 Å². The summed E-state index contributed by atoms with van der Waals surface area (Å²) >= 11 is 0. The molecule has 0 saturated carbocycles. The van der Waals surface area contributed by atoms with Crippen LogP contribution in [0.3, 0.4) is 0 Å². The van der Waals surface area contributed by atoms with Crippen LogP contribution in [0.4, 0.5) is 0 Å². The van der Waals surface area contributed by atoms with Gasteiger partial charge in [0.2, 0.25) is 0 Å². The van der Waals surface area contributed by atoms with Crippen molar-refractivity contribution in [3.8, 4) is 5.69 Å². The predicted molar refractivity (Wildman–Crippen MR) is 93.9 cm³/mol. The van der Waals surface area contributed by atoms with Gasteiger partial charge >= 0.3 is 0 Å². The highest BCUT2D eigenvalue weighted by Gasteiger charge is 2.40. The zero-order valence-electron chi connectivity index (χ0n) is 14.5. The van der Waals surface area contributed by atoms with Crippen LogP contribution in [0.25, 0.3) is 16.7 Å². The molecule has 0 radical (unpaired) electrons. The van der Waals surface area contributed by atoms with Gasteiger partial charge in [0, 0.05) is 12.1 Å². The smallest absolute Gasteiger partial charge is 0.270 e. The van der Waals surface area contributed by atoms with Crippen LogP contribution >= 0.6 is 0 Å². The number of furan rings is 1. The molecule has 3 fully saturated rings. The molecule has 3 saturated heterocycles. The molecular weight excluding hydrogens is 332 g/mol. The fraction of sp³-hybridized carbons (Fsp3) is 0.444. The maximum Gasteiger partial charge on any atom is 0.270 e. The SMILES string of the molecule is C[C@H]1[C@H](NC(=O)c2cc3c(-n4ccnn4)coc3cn2)C2CCN1CC2. The van der Waals surface area contributed by atoms with Crippen molar-refractivity contribution in [1.29, 1.82) is 0 Å². The number of hydrogen-bond acceptors (Lipinski definition) is 6. The molecule has 0 spiro atoms. The van der Waals surface area contributed by atoms with Crippen molar-refractivity contribution in [1.82, 2.24) is 30.2 Å². The molecule has 1 amide bonds. The first kappa shape index (κ1) is 15.5. The van der Waals surface area contributed by atoms with Crippen LogP contribution in [0, 0.1) is 5.92 Å². The van der Waals surface area contributed by atoms with Crippen LogP contribution in [-0.2, 0) is 0 Å². The third-order valence-electron chi connectivity index (χ3n) is 5.82. The first-order valence-electron chi connectivity index (χ1n) is 8.99. The number of pyridine rings is 1. The summed E-state index contributed by atoms with van der Waals surface area (Å²) in [5, 5.41) is 11.8. The van der Waals surface area contributed by atoms with E-state index in [2.05, 4.69) is 32.4 Å². The molecule has 0 unspecified atom stereocenters. The number of nitrogens with one attached hydrogen (secondary N) is 1. The van der Waals surface area contributed by atoms with Gasteiger partial charge in [0.15, 0.2) is 5.58 Å². The second kappa shape index (κ2) is 5.91. The zero-order chi connectivity index (χ0) is 17.7. The maximum absolute atomic E-state index is 12.8. The second-order valence-electron chi connectivity index (χ2n) is 7.15. The van der Waals surface area contributed by atoms with Crippen LogP contribution in [-0.4, -0.2) is 56.0 Å². The molecule has 26 heavy (non-hydrogen) atoms. The number of rotatable bonds is 3. The van der Waals surface area contributed by atoms with Crippen molar-refractivity contribution in [3.63, 3.8) is 0 Å². The molecule has 3 aliphatic heterocycles. The van der Waals surface area contributed by atoms with Crippen molar-refractivity contribution < 1.29 is 9.21 Å². The quantitative estimate of drug-likeness (QED) is 0.770. The topological polar surface area (TPSA) is 89.1 Å². The Kier molecular flexibility index (Phi) is 3.53. The van der Waals surface area contributed by atoms with Gasteiger partial charge in [0.05, 0.1) is 24.0 Å². The van der Waals surface area contributed by atoms with Crippen molar-refractivity contribution in [3.05, 3.63) is 36.6 Å². The van der Waals surface area contributed by atoms with Crippen LogP contribution in [0.1, 0.15) is 30.3 Å². The van der Waals surface area contributed by atoms with Gasteiger partial charge in [-0.05, 0) is 44.8 Å². The minimum absolute atomic E-state index is 0.136. The Morgan fingerprint density at radius 1 is 1.35 bits per heavy atom. The lowest BCUT2D eigenvalue weighted by molar-refractivity contribution is 0.0216. The minimum Gasteiger partial charge on any atom is -0.460 e. The standard InChI is InChI=1S/C18H20N6O2/c1-11-17(12-2-5-23(11)6-3-12)21-18(25)14-8-13-15(24-7-4-20-22-24)10-26-16(13)9-19-14/h4,7-12,17H,2-3,5-6H2,1H3,(H,21,25)/t11-,17-/m0/s1. The number of nitrogens with zero attached hydrogens (tertiary/aromatic N) is 5. The molecule has 3 aromatic rings. The van der Waals surface area contributed by atoms with E-state index in [0.29, 0.717) is 23.2 Å². The number of hydrogen-bond donors (Lipinski definition) is 1. The van der Waals surface area contributed by atoms with Crippen molar-refractivity contribution in [2.75, 3.05) is 13.1 Å². The molecule has 3 aliphatic rings. The third-order valence-corrected chi connectivity index (χ3v) is 5.82. The van der Waals surface area contributed by atoms with Gasteiger partial charge in [-0.25, -0.2) is 9.67 Å². The molecule has 134 valence electrons. The molecule has 6 rings (SSSR count). The molecular formula is C18H20N6O2. The molecule has 8 nitrogen and oxygen atoms in total.